The van der Waals surface area contributed by atoms with Gasteiger partial charge in [-0.2, -0.15) is 5.10 Å². The van der Waals surface area contributed by atoms with E-state index in [0.29, 0.717) is 16.9 Å². The van der Waals surface area contributed by atoms with E-state index in [1.807, 2.05) is 13.2 Å². The van der Waals surface area contributed by atoms with Gasteiger partial charge in [-0.15, -0.1) is 0 Å². The molecule has 0 aliphatic carbocycles. The topological polar surface area (TPSA) is 89.6 Å². The number of aromatic nitrogens is 4. The molecule has 2 aromatic heterocycles. The van der Waals surface area contributed by atoms with Gasteiger partial charge in [0.25, 0.3) is 5.69 Å². The van der Waals surface area contributed by atoms with Crippen LogP contribution in [0.25, 0.3) is 22.4 Å². The lowest BCUT2D eigenvalue weighted by atomic mass is 10.3. The van der Waals surface area contributed by atoms with Crippen molar-refractivity contribution in [2.45, 2.75) is 0 Å². The molecule has 90 valence electrons. The van der Waals surface area contributed by atoms with E-state index in [0.717, 1.165) is 5.56 Å². The summed E-state index contributed by atoms with van der Waals surface area (Å²) in [5, 5.41) is 14.7. The van der Waals surface area contributed by atoms with E-state index in [-0.39, 0.29) is 5.69 Å². The summed E-state index contributed by atoms with van der Waals surface area (Å²) in [6.45, 7) is 0. The summed E-state index contributed by atoms with van der Waals surface area (Å²) < 4.78 is 1.67. The smallest absolute Gasteiger partial charge is 0.271 e. The number of nitrogens with zero attached hydrogens (tertiary/aromatic N) is 4. The Kier molecular flexibility index (Phi) is 2.12. The van der Waals surface area contributed by atoms with Gasteiger partial charge in [-0.3, -0.25) is 14.8 Å². The number of nitro benzene ring substituents is 1. The number of nitro groups is 1. The number of fused-ring (bicyclic) bond motifs is 1. The van der Waals surface area contributed by atoms with Crippen LogP contribution in [0.3, 0.4) is 0 Å². The lowest BCUT2D eigenvalue weighted by Gasteiger charge is -1.89. The summed E-state index contributed by atoms with van der Waals surface area (Å²) in [6, 6.07) is 4.54. The molecule has 0 unspecified atom stereocenters. The third-order valence-electron chi connectivity index (χ3n) is 2.65. The SMILES string of the molecule is Cn1cc(-c2nc3ccc([N+](=O)[O-])cc3[nH]2)cn1. The highest BCUT2D eigenvalue weighted by molar-refractivity contribution is 5.81. The van der Waals surface area contributed by atoms with Crippen molar-refractivity contribution in [1.82, 2.24) is 19.7 Å². The number of hydrogen-bond donors (Lipinski definition) is 1. The van der Waals surface area contributed by atoms with Crippen LogP contribution in [0.4, 0.5) is 5.69 Å². The summed E-state index contributed by atoms with van der Waals surface area (Å²) in [7, 11) is 1.82. The number of imidazole rings is 1. The lowest BCUT2D eigenvalue weighted by molar-refractivity contribution is -0.384. The maximum Gasteiger partial charge on any atom is 0.271 e. The zero-order chi connectivity index (χ0) is 12.7. The third kappa shape index (κ3) is 1.61. The van der Waals surface area contributed by atoms with Gasteiger partial charge in [0.2, 0.25) is 0 Å². The minimum absolute atomic E-state index is 0.0453. The molecule has 2 heterocycles. The van der Waals surface area contributed by atoms with Crippen LogP contribution in [-0.2, 0) is 7.05 Å². The van der Waals surface area contributed by atoms with E-state index in [1.165, 1.54) is 12.1 Å². The predicted molar refractivity (Wildman–Crippen MR) is 65.0 cm³/mol. The third-order valence-corrected chi connectivity index (χ3v) is 2.65. The highest BCUT2D eigenvalue weighted by Crippen LogP contribution is 2.23. The van der Waals surface area contributed by atoms with E-state index >= 15 is 0 Å². The van der Waals surface area contributed by atoms with Crippen LogP contribution in [-0.4, -0.2) is 24.7 Å². The number of rotatable bonds is 2. The fourth-order valence-electron chi connectivity index (χ4n) is 1.79. The van der Waals surface area contributed by atoms with Gasteiger partial charge < -0.3 is 4.98 Å². The van der Waals surface area contributed by atoms with Gasteiger partial charge in [0.15, 0.2) is 0 Å². The minimum atomic E-state index is -0.427. The average molecular weight is 243 g/mol. The van der Waals surface area contributed by atoms with Crippen molar-refractivity contribution in [2.75, 3.05) is 0 Å². The molecule has 0 radical (unpaired) electrons. The molecule has 0 atom stereocenters. The number of nitrogens with one attached hydrogen (secondary N) is 1. The Morgan fingerprint density at radius 1 is 1.44 bits per heavy atom. The number of hydrogen-bond acceptors (Lipinski definition) is 4. The monoisotopic (exact) mass is 243 g/mol. The molecule has 0 aliphatic rings. The number of H-pyrrole nitrogens is 1. The molecule has 0 saturated heterocycles. The van der Waals surface area contributed by atoms with Crippen molar-refractivity contribution < 1.29 is 4.92 Å². The first kappa shape index (κ1) is 10.5. The van der Waals surface area contributed by atoms with Crippen LogP contribution in [0.1, 0.15) is 0 Å². The molecule has 3 aromatic rings. The summed E-state index contributed by atoms with van der Waals surface area (Å²) in [5.41, 5.74) is 2.22. The van der Waals surface area contributed by atoms with Gasteiger partial charge in [0, 0.05) is 25.4 Å². The summed E-state index contributed by atoms with van der Waals surface area (Å²) in [6.07, 6.45) is 3.51. The average Bonchev–Trinajstić information content (AvgIpc) is 2.93. The number of benzene rings is 1. The van der Waals surface area contributed by atoms with Gasteiger partial charge >= 0.3 is 0 Å². The second-order valence-electron chi connectivity index (χ2n) is 3.95. The molecule has 0 saturated carbocycles. The van der Waals surface area contributed by atoms with Crippen molar-refractivity contribution in [3.63, 3.8) is 0 Å². The number of aromatic amines is 1. The van der Waals surface area contributed by atoms with E-state index in [2.05, 4.69) is 15.1 Å². The minimum Gasteiger partial charge on any atom is -0.338 e. The Balaban J connectivity index is 2.13. The van der Waals surface area contributed by atoms with Gasteiger partial charge in [-0.05, 0) is 6.07 Å². The molecule has 7 heteroatoms. The van der Waals surface area contributed by atoms with E-state index in [4.69, 9.17) is 0 Å². The quantitative estimate of drug-likeness (QED) is 0.549. The van der Waals surface area contributed by atoms with Crippen LogP contribution >= 0.6 is 0 Å². The van der Waals surface area contributed by atoms with E-state index < -0.39 is 4.92 Å². The van der Waals surface area contributed by atoms with Crippen molar-refractivity contribution in [3.05, 3.63) is 40.7 Å². The van der Waals surface area contributed by atoms with Crippen molar-refractivity contribution >= 4 is 16.7 Å². The molecule has 18 heavy (non-hydrogen) atoms. The Bertz CT molecular complexity index is 743. The highest BCUT2D eigenvalue weighted by atomic mass is 16.6. The number of aryl methyl sites for hydroxylation is 1. The molecule has 0 amide bonds. The molecule has 0 aliphatic heterocycles. The van der Waals surface area contributed by atoms with Gasteiger partial charge in [-0.25, -0.2) is 4.98 Å². The summed E-state index contributed by atoms with van der Waals surface area (Å²) >= 11 is 0. The van der Waals surface area contributed by atoms with Crippen LogP contribution in [0.5, 0.6) is 0 Å². The zero-order valence-electron chi connectivity index (χ0n) is 9.49. The van der Waals surface area contributed by atoms with Gasteiger partial charge in [0.1, 0.15) is 5.82 Å². The molecule has 0 spiro atoms. The Morgan fingerprint density at radius 3 is 2.94 bits per heavy atom. The zero-order valence-corrected chi connectivity index (χ0v) is 9.49. The number of non-ortho nitro benzene ring substituents is 1. The summed E-state index contributed by atoms with van der Waals surface area (Å²) in [4.78, 5) is 17.7. The Labute approximate surface area is 101 Å². The first-order valence-corrected chi connectivity index (χ1v) is 5.26. The molecular formula is C11H9N5O2. The van der Waals surface area contributed by atoms with Crippen LogP contribution < -0.4 is 0 Å². The first-order valence-electron chi connectivity index (χ1n) is 5.26. The molecule has 0 fully saturated rings. The first-order chi connectivity index (χ1) is 8.63. The van der Waals surface area contributed by atoms with Gasteiger partial charge in [0.05, 0.1) is 27.7 Å². The molecule has 3 rings (SSSR count). The maximum absolute atomic E-state index is 10.7. The van der Waals surface area contributed by atoms with Crippen LogP contribution in [0.15, 0.2) is 30.6 Å². The normalized spacial score (nSPS) is 10.9. The van der Waals surface area contributed by atoms with E-state index in [9.17, 15) is 10.1 Å². The molecule has 1 N–H and O–H groups in total. The summed E-state index contributed by atoms with van der Waals surface area (Å²) in [5.74, 6) is 0.651. The maximum atomic E-state index is 10.7. The van der Waals surface area contributed by atoms with Crippen molar-refractivity contribution in [3.8, 4) is 11.4 Å². The standard InChI is InChI=1S/C11H9N5O2/c1-15-6-7(5-12-15)11-13-9-3-2-8(16(17)18)4-10(9)14-11/h2-6H,1H3,(H,13,14). The highest BCUT2D eigenvalue weighted by Gasteiger charge is 2.11. The lowest BCUT2D eigenvalue weighted by Crippen LogP contribution is -1.86. The second-order valence-corrected chi connectivity index (χ2v) is 3.95. The largest absolute Gasteiger partial charge is 0.338 e. The molecular weight excluding hydrogens is 234 g/mol. The fraction of sp³-hybridized carbons (Fsp3) is 0.0909. The molecule has 0 bridgehead atoms. The second kappa shape index (κ2) is 3.66. The Hall–Kier alpha value is -2.70. The predicted octanol–water partition coefficient (Wildman–Crippen LogP) is 1.87. The van der Waals surface area contributed by atoms with E-state index in [1.54, 1.807) is 16.9 Å². The van der Waals surface area contributed by atoms with Gasteiger partial charge in [-0.1, -0.05) is 0 Å². The van der Waals surface area contributed by atoms with Crippen LogP contribution in [0.2, 0.25) is 0 Å². The molecule has 1 aromatic carbocycles. The van der Waals surface area contributed by atoms with Crippen molar-refractivity contribution in [2.24, 2.45) is 7.05 Å². The Morgan fingerprint density at radius 2 is 2.28 bits per heavy atom. The molecule has 7 nitrogen and oxygen atoms in total. The fourth-order valence-corrected chi connectivity index (χ4v) is 1.79. The van der Waals surface area contributed by atoms with Crippen LogP contribution in [0, 0.1) is 10.1 Å². The van der Waals surface area contributed by atoms with Crippen molar-refractivity contribution in [1.29, 1.82) is 0 Å².